The van der Waals surface area contributed by atoms with E-state index in [2.05, 4.69) is 4.99 Å². The quantitative estimate of drug-likeness (QED) is 0.294. The fraction of sp³-hybridized carbons (Fsp3) is 0.818. The van der Waals surface area contributed by atoms with Gasteiger partial charge in [-0.25, -0.2) is 9.79 Å². The minimum absolute atomic E-state index is 0.165. The van der Waals surface area contributed by atoms with Gasteiger partial charge in [0.25, 0.3) is 0 Å². The predicted molar refractivity (Wildman–Crippen MR) is 57.3 cm³/mol. The van der Waals surface area contributed by atoms with Gasteiger partial charge in [-0.15, -0.1) is 0 Å². The van der Waals surface area contributed by atoms with Crippen molar-refractivity contribution in [3.05, 3.63) is 0 Å². The van der Waals surface area contributed by atoms with E-state index in [4.69, 9.17) is 4.74 Å². The number of nitrogens with zero attached hydrogens (tertiary/aromatic N) is 1. The molecule has 86 valence electrons. The molecular formula is C11H19NO3. The highest BCUT2D eigenvalue weighted by Crippen LogP contribution is 2.10. The molecule has 0 spiro atoms. The minimum atomic E-state index is -0.404. The Hall–Kier alpha value is -1.15. The Morgan fingerprint density at radius 2 is 1.93 bits per heavy atom. The first kappa shape index (κ1) is 13.8. The molecule has 0 saturated carbocycles. The van der Waals surface area contributed by atoms with Crippen molar-refractivity contribution in [1.82, 2.24) is 0 Å². The van der Waals surface area contributed by atoms with Crippen LogP contribution in [0.25, 0.3) is 0 Å². The van der Waals surface area contributed by atoms with Gasteiger partial charge in [-0.2, -0.15) is 0 Å². The van der Waals surface area contributed by atoms with Crippen molar-refractivity contribution in [2.75, 3.05) is 6.54 Å². The normalized spacial score (nSPS) is 10.6. The van der Waals surface area contributed by atoms with Crippen LogP contribution in [0.3, 0.4) is 0 Å². The van der Waals surface area contributed by atoms with Crippen LogP contribution in [0.4, 0.5) is 0 Å². The molecule has 0 saturated heterocycles. The number of hydrogen-bond donors (Lipinski definition) is 0. The highest BCUT2D eigenvalue weighted by molar-refractivity contribution is 5.69. The molecule has 0 atom stereocenters. The third-order valence-electron chi connectivity index (χ3n) is 1.64. The molecule has 0 rings (SSSR count). The monoisotopic (exact) mass is 213 g/mol. The van der Waals surface area contributed by atoms with Gasteiger partial charge in [-0.1, -0.05) is 6.42 Å². The van der Waals surface area contributed by atoms with Crippen LogP contribution >= 0.6 is 0 Å². The molecule has 4 heteroatoms. The summed E-state index contributed by atoms with van der Waals surface area (Å²) < 4.78 is 5.14. The Kier molecular flexibility index (Phi) is 6.63. The van der Waals surface area contributed by atoms with E-state index in [-0.39, 0.29) is 5.97 Å². The van der Waals surface area contributed by atoms with Gasteiger partial charge >= 0.3 is 5.97 Å². The molecule has 15 heavy (non-hydrogen) atoms. The Morgan fingerprint density at radius 3 is 2.47 bits per heavy atom. The van der Waals surface area contributed by atoms with Crippen LogP contribution in [-0.4, -0.2) is 24.2 Å². The molecule has 0 aromatic rings. The number of rotatable bonds is 6. The average molecular weight is 213 g/mol. The lowest BCUT2D eigenvalue weighted by Crippen LogP contribution is -2.23. The summed E-state index contributed by atoms with van der Waals surface area (Å²) in [5.74, 6) is -0.165. The van der Waals surface area contributed by atoms with Gasteiger partial charge in [0.1, 0.15) is 5.60 Å². The summed E-state index contributed by atoms with van der Waals surface area (Å²) >= 11 is 0. The van der Waals surface area contributed by atoms with Crippen LogP contribution in [0.5, 0.6) is 0 Å². The topological polar surface area (TPSA) is 55.7 Å². The number of unbranched alkanes of at least 4 members (excludes halogenated alkanes) is 2. The molecule has 4 nitrogen and oxygen atoms in total. The number of carbonyl (C=O) groups excluding carboxylic acids is 2. The lowest BCUT2D eigenvalue weighted by molar-refractivity contribution is -0.154. The second-order valence-corrected chi connectivity index (χ2v) is 4.37. The van der Waals surface area contributed by atoms with Gasteiger partial charge in [-0.3, -0.25) is 4.79 Å². The zero-order chi connectivity index (χ0) is 11.7. The van der Waals surface area contributed by atoms with Crippen molar-refractivity contribution in [1.29, 1.82) is 0 Å². The van der Waals surface area contributed by atoms with Gasteiger partial charge < -0.3 is 4.74 Å². The van der Waals surface area contributed by atoms with E-state index >= 15 is 0 Å². The van der Waals surface area contributed by atoms with E-state index in [1.165, 1.54) is 6.08 Å². The lowest BCUT2D eigenvalue weighted by atomic mass is 10.1. The average Bonchev–Trinajstić information content (AvgIpc) is 2.08. The molecule has 0 N–H and O–H groups in total. The largest absolute Gasteiger partial charge is 0.460 e. The third-order valence-corrected chi connectivity index (χ3v) is 1.64. The van der Waals surface area contributed by atoms with Crippen molar-refractivity contribution in [2.24, 2.45) is 4.99 Å². The van der Waals surface area contributed by atoms with Crippen LogP contribution in [0.2, 0.25) is 0 Å². The maximum atomic E-state index is 11.2. The van der Waals surface area contributed by atoms with Crippen LogP contribution in [-0.2, 0) is 14.3 Å². The second-order valence-electron chi connectivity index (χ2n) is 4.37. The minimum Gasteiger partial charge on any atom is -0.460 e. The molecule has 0 aliphatic carbocycles. The van der Waals surface area contributed by atoms with E-state index in [9.17, 15) is 9.59 Å². The van der Waals surface area contributed by atoms with E-state index in [1.54, 1.807) is 0 Å². The summed E-state index contributed by atoms with van der Waals surface area (Å²) in [5, 5.41) is 0. The van der Waals surface area contributed by atoms with Crippen LogP contribution in [0.15, 0.2) is 4.99 Å². The maximum absolute atomic E-state index is 11.2. The molecule has 0 unspecified atom stereocenters. The molecule has 0 fully saturated rings. The van der Waals surface area contributed by atoms with E-state index in [0.717, 1.165) is 19.3 Å². The van der Waals surface area contributed by atoms with Gasteiger partial charge in [0, 0.05) is 6.42 Å². The molecule has 0 radical (unpaired) electrons. The molecule has 0 aliphatic rings. The number of esters is 1. The highest BCUT2D eigenvalue weighted by Gasteiger charge is 2.15. The number of isocyanates is 1. The number of ether oxygens (including phenoxy) is 1. The molecule has 0 aromatic carbocycles. The smallest absolute Gasteiger partial charge is 0.306 e. The van der Waals surface area contributed by atoms with Crippen molar-refractivity contribution >= 4 is 12.0 Å². The molecule has 0 aromatic heterocycles. The number of hydrogen-bond acceptors (Lipinski definition) is 4. The molecule has 0 bridgehead atoms. The first-order valence-corrected chi connectivity index (χ1v) is 5.21. The molecule has 0 heterocycles. The molecule has 0 amide bonds. The van der Waals surface area contributed by atoms with Crippen LogP contribution < -0.4 is 0 Å². The highest BCUT2D eigenvalue weighted by atomic mass is 16.6. The second kappa shape index (κ2) is 7.18. The van der Waals surface area contributed by atoms with E-state index in [1.807, 2.05) is 20.8 Å². The van der Waals surface area contributed by atoms with Gasteiger partial charge in [-0.05, 0) is 33.6 Å². The summed E-state index contributed by atoms with van der Waals surface area (Å²) in [4.78, 5) is 24.4. The van der Waals surface area contributed by atoms with E-state index < -0.39 is 5.60 Å². The van der Waals surface area contributed by atoms with Crippen molar-refractivity contribution in [3.8, 4) is 0 Å². The summed E-state index contributed by atoms with van der Waals surface area (Å²) in [6.45, 7) is 6.05. The Morgan fingerprint density at radius 1 is 1.27 bits per heavy atom. The standard InChI is InChI=1S/C11H19NO3/c1-11(2,3)15-10(14)7-5-4-6-8-12-9-13/h4-8H2,1-3H3. The summed E-state index contributed by atoms with van der Waals surface area (Å²) in [6, 6.07) is 0. The predicted octanol–water partition coefficient (Wildman–Crippen LogP) is 2.22. The van der Waals surface area contributed by atoms with Crippen molar-refractivity contribution in [3.63, 3.8) is 0 Å². The zero-order valence-corrected chi connectivity index (χ0v) is 9.71. The number of carbonyl (C=O) groups is 1. The van der Waals surface area contributed by atoms with Gasteiger partial charge in [0.05, 0.1) is 6.54 Å². The summed E-state index contributed by atoms with van der Waals surface area (Å²) in [6.07, 6.45) is 4.39. The fourth-order valence-electron chi connectivity index (χ4n) is 1.08. The lowest BCUT2D eigenvalue weighted by Gasteiger charge is -2.19. The van der Waals surface area contributed by atoms with Gasteiger partial charge in [0.2, 0.25) is 6.08 Å². The fourth-order valence-corrected chi connectivity index (χ4v) is 1.08. The molecule has 0 aliphatic heterocycles. The van der Waals surface area contributed by atoms with Crippen molar-refractivity contribution in [2.45, 2.75) is 52.1 Å². The van der Waals surface area contributed by atoms with Crippen molar-refractivity contribution < 1.29 is 14.3 Å². The SMILES string of the molecule is CC(C)(C)OC(=O)CCCCCN=C=O. The van der Waals surface area contributed by atoms with Gasteiger partial charge in [0.15, 0.2) is 0 Å². The first-order valence-electron chi connectivity index (χ1n) is 5.21. The van der Waals surface area contributed by atoms with Crippen LogP contribution in [0, 0.1) is 0 Å². The molecular weight excluding hydrogens is 194 g/mol. The van der Waals surface area contributed by atoms with Crippen LogP contribution in [0.1, 0.15) is 46.5 Å². The third kappa shape index (κ3) is 10.8. The van der Waals surface area contributed by atoms with E-state index in [0.29, 0.717) is 13.0 Å². The first-order chi connectivity index (χ1) is 6.95. The zero-order valence-electron chi connectivity index (χ0n) is 9.71. The Labute approximate surface area is 90.7 Å². The Balaban J connectivity index is 3.43. The Bertz CT molecular complexity index is 237. The summed E-state index contributed by atoms with van der Waals surface area (Å²) in [5.41, 5.74) is -0.404. The number of aliphatic imine (C=N–C) groups is 1. The maximum Gasteiger partial charge on any atom is 0.306 e. The summed E-state index contributed by atoms with van der Waals surface area (Å²) in [7, 11) is 0.